The zero-order valence-corrected chi connectivity index (χ0v) is 62.7. The number of esters is 4. The maximum absolute atomic E-state index is 13.0. The number of carbonyl (C=O) groups excluding carboxylic acids is 4. The molecule has 0 aromatic carbocycles. The fraction of sp³-hybridized carbons (Fsp3) is 0.946. The molecule has 0 aliphatic heterocycles. The lowest BCUT2D eigenvalue weighted by Gasteiger charge is -2.21. The van der Waals surface area contributed by atoms with Gasteiger partial charge >= 0.3 is 39.5 Å². The van der Waals surface area contributed by atoms with Gasteiger partial charge in [0.2, 0.25) is 0 Å². The van der Waals surface area contributed by atoms with Gasteiger partial charge in [0.05, 0.1) is 26.4 Å². The summed E-state index contributed by atoms with van der Waals surface area (Å²) in [5.41, 5.74) is 0. The van der Waals surface area contributed by atoms with Crippen molar-refractivity contribution >= 4 is 39.5 Å². The van der Waals surface area contributed by atoms with E-state index in [2.05, 4.69) is 55.4 Å². The number of rotatable bonds is 71. The van der Waals surface area contributed by atoms with Crippen molar-refractivity contribution in [2.45, 2.75) is 388 Å². The minimum Gasteiger partial charge on any atom is -0.462 e. The lowest BCUT2D eigenvalue weighted by Crippen LogP contribution is -2.30. The van der Waals surface area contributed by atoms with Gasteiger partial charge in [-0.25, -0.2) is 9.13 Å². The van der Waals surface area contributed by atoms with Crippen molar-refractivity contribution in [3.8, 4) is 0 Å². The van der Waals surface area contributed by atoms with Crippen molar-refractivity contribution in [3.05, 3.63) is 0 Å². The normalized spacial score (nSPS) is 14.8. The van der Waals surface area contributed by atoms with Crippen LogP contribution >= 0.6 is 15.6 Å². The Morgan fingerprint density at radius 3 is 0.763 bits per heavy atom. The molecule has 0 saturated carbocycles. The first kappa shape index (κ1) is 91.1. The van der Waals surface area contributed by atoms with Crippen molar-refractivity contribution < 1.29 is 80.2 Å². The zero-order valence-electron chi connectivity index (χ0n) is 60.9. The van der Waals surface area contributed by atoms with E-state index in [9.17, 15) is 43.2 Å². The molecule has 0 aliphatic rings. The quantitative estimate of drug-likeness (QED) is 0.0222. The number of ether oxygens (including phenoxy) is 4. The van der Waals surface area contributed by atoms with Crippen molar-refractivity contribution in [1.29, 1.82) is 0 Å². The highest BCUT2D eigenvalue weighted by Gasteiger charge is 2.30. The molecular weight excluding hydrogens is 1220 g/mol. The van der Waals surface area contributed by atoms with Crippen LogP contribution in [0.15, 0.2) is 0 Å². The van der Waals surface area contributed by atoms with Gasteiger partial charge in [-0.3, -0.25) is 37.3 Å². The van der Waals surface area contributed by atoms with Gasteiger partial charge in [0.25, 0.3) is 0 Å². The minimum absolute atomic E-state index is 0.105. The first-order valence-corrected chi connectivity index (χ1v) is 41.3. The summed E-state index contributed by atoms with van der Waals surface area (Å²) >= 11 is 0. The van der Waals surface area contributed by atoms with Crippen molar-refractivity contribution in [1.82, 2.24) is 0 Å². The number of unbranched alkanes of at least 4 members (excludes halogenated alkanes) is 35. The van der Waals surface area contributed by atoms with E-state index in [-0.39, 0.29) is 25.7 Å². The SMILES string of the molecule is CCC(C)CCCCCCCCCCCCC(=O)O[C@H](COC(=O)CCCCCCCCCC(C)C)COP(=O)(O)OCC(O)COP(=O)(O)OC[C@@H](COC(=O)CCCCCCCCC(C)CC)OC(=O)CCCCCCCCCCCCCCCCCCC(C)C. The smallest absolute Gasteiger partial charge is 0.462 e. The van der Waals surface area contributed by atoms with Crippen LogP contribution in [0, 0.1) is 23.7 Å². The number of aliphatic hydroxyl groups is 1. The Kier molecular flexibility index (Phi) is 62.2. The zero-order chi connectivity index (χ0) is 68.9. The van der Waals surface area contributed by atoms with Crippen LogP contribution in [0.3, 0.4) is 0 Å². The summed E-state index contributed by atoms with van der Waals surface area (Å²) in [4.78, 5) is 72.7. The second-order valence-corrected chi connectivity index (χ2v) is 31.0. The molecule has 0 fully saturated rings. The molecular formula is C74H144O17P2. The first-order chi connectivity index (χ1) is 44.7. The summed E-state index contributed by atoms with van der Waals surface area (Å²) in [5, 5.41) is 10.6. The summed E-state index contributed by atoms with van der Waals surface area (Å²) in [6.07, 6.45) is 47.3. The molecule has 3 N–H and O–H groups in total. The maximum Gasteiger partial charge on any atom is 0.472 e. The van der Waals surface area contributed by atoms with E-state index in [0.29, 0.717) is 31.6 Å². The van der Waals surface area contributed by atoms with Crippen LogP contribution in [0.2, 0.25) is 0 Å². The number of carbonyl (C=O) groups is 4. The Balaban J connectivity index is 5.22. The minimum atomic E-state index is -4.96. The van der Waals surface area contributed by atoms with Gasteiger partial charge in [0.1, 0.15) is 19.3 Å². The van der Waals surface area contributed by atoms with Gasteiger partial charge < -0.3 is 33.8 Å². The summed E-state index contributed by atoms with van der Waals surface area (Å²) in [6, 6.07) is 0. The van der Waals surface area contributed by atoms with Crippen LogP contribution in [0.5, 0.6) is 0 Å². The summed E-state index contributed by atoms with van der Waals surface area (Å²) in [6.45, 7) is 14.1. The largest absolute Gasteiger partial charge is 0.472 e. The van der Waals surface area contributed by atoms with Gasteiger partial charge in [-0.05, 0) is 49.4 Å². The van der Waals surface area contributed by atoms with Gasteiger partial charge in [-0.15, -0.1) is 0 Å². The van der Waals surface area contributed by atoms with E-state index < -0.39 is 97.5 Å². The Morgan fingerprint density at radius 2 is 0.516 bits per heavy atom. The molecule has 0 rings (SSSR count). The Bertz CT molecular complexity index is 1840. The molecule has 0 radical (unpaired) electrons. The number of phosphoric acid groups is 2. The Hall–Kier alpha value is -1.94. The van der Waals surface area contributed by atoms with Crippen molar-refractivity contribution in [2.75, 3.05) is 39.6 Å². The highest BCUT2D eigenvalue weighted by molar-refractivity contribution is 7.47. The topological polar surface area (TPSA) is 237 Å². The predicted octanol–water partition coefficient (Wildman–Crippen LogP) is 21.3. The van der Waals surface area contributed by atoms with E-state index in [0.717, 1.165) is 120 Å². The average Bonchev–Trinajstić information content (AvgIpc) is 3.50. The van der Waals surface area contributed by atoms with E-state index in [1.165, 1.54) is 161 Å². The molecule has 17 nitrogen and oxygen atoms in total. The predicted molar refractivity (Wildman–Crippen MR) is 377 cm³/mol. The Morgan fingerprint density at radius 1 is 0.301 bits per heavy atom. The third-order valence-electron chi connectivity index (χ3n) is 17.8. The molecule has 0 saturated heterocycles. The molecule has 0 spiro atoms. The molecule has 93 heavy (non-hydrogen) atoms. The highest BCUT2D eigenvalue weighted by Crippen LogP contribution is 2.45. The van der Waals surface area contributed by atoms with Crippen LogP contribution in [0.25, 0.3) is 0 Å². The van der Waals surface area contributed by atoms with E-state index in [4.69, 9.17) is 37.0 Å². The van der Waals surface area contributed by atoms with Crippen LogP contribution in [-0.2, 0) is 65.4 Å². The second kappa shape index (κ2) is 63.5. The standard InChI is InChI=1S/C74H144O17P2/c1-9-66(7)52-44-36-28-22-19-20-24-30-41-49-57-74(79)90-69(60-84-71(76)54-46-38-31-25-27-35-43-51-65(5)6)62-88-92(80,81)86-58-68(75)59-87-93(82,83)89-63-70(61-85-72(77)55-47-39-33-32-37-45-53-67(8)10-2)91-73(78)56-48-40-29-23-18-16-14-12-11-13-15-17-21-26-34-42-50-64(3)4/h64-70,75H,9-63H2,1-8H3,(H,80,81)(H,82,83)/t66?,67?,68?,69-,70-/m1/s1. The van der Waals surface area contributed by atoms with E-state index in [1.807, 2.05) is 0 Å². The maximum atomic E-state index is 13.0. The molecule has 0 bridgehead atoms. The molecule has 0 aromatic rings. The van der Waals surface area contributed by atoms with Crippen LogP contribution in [0.1, 0.15) is 370 Å². The molecule has 0 aromatic heterocycles. The molecule has 0 heterocycles. The van der Waals surface area contributed by atoms with Gasteiger partial charge in [-0.2, -0.15) is 0 Å². The fourth-order valence-electron chi connectivity index (χ4n) is 11.1. The van der Waals surface area contributed by atoms with Crippen molar-refractivity contribution in [3.63, 3.8) is 0 Å². The number of phosphoric ester groups is 2. The molecule has 0 amide bonds. The second-order valence-electron chi connectivity index (χ2n) is 28.1. The lowest BCUT2D eigenvalue weighted by molar-refractivity contribution is -0.161. The van der Waals surface area contributed by atoms with Crippen LogP contribution in [-0.4, -0.2) is 96.7 Å². The van der Waals surface area contributed by atoms with Crippen LogP contribution < -0.4 is 0 Å². The number of hydrogen-bond donors (Lipinski definition) is 3. The number of hydrogen-bond acceptors (Lipinski definition) is 15. The number of aliphatic hydroxyl groups excluding tert-OH is 1. The highest BCUT2D eigenvalue weighted by atomic mass is 31.2. The summed E-state index contributed by atoms with van der Waals surface area (Å²) in [5.74, 6) is 0.922. The first-order valence-electron chi connectivity index (χ1n) is 38.3. The molecule has 552 valence electrons. The molecule has 5 unspecified atom stereocenters. The third kappa shape index (κ3) is 65.8. The molecule has 7 atom stereocenters. The summed E-state index contributed by atoms with van der Waals surface area (Å²) in [7, 11) is -9.91. The average molecular weight is 1370 g/mol. The third-order valence-corrected chi connectivity index (χ3v) is 19.7. The van der Waals surface area contributed by atoms with Gasteiger partial charge in [0.15, 0.2) is 12.2 Å². The lowest BCUT2D eigenvalue weighted by atomic mass is 9.99. The monoisotopic (exact) mass is 1370 g/mol. The fourth-order valence-corrected chi connectivity index (χ4v) is 12.7. The van der Waals surface area contributed by atoms with Gasteiger partial charge in [0, 0.05) is 25.7 Å². The van der Waals surface area contributed by atoms with Crippen LogP contribution in [0.4, 0.5) is 0 Å². The molecule has 0 aliphatic carbocycles. The van der Waals surface area contributed by atoms with Crippen molar-refractivity contribution in [2.24, 2.45) is 23.7 Å². The van der Waals surface area contributed by atoms with E-state index >= 15 is 0 Å². The van der Waals surface area contributed by atoms with E-state index in [1.54, 1.807) is 0 Å². The summed E-state index contributed by atoms with van der Waals surface area (Å²) < 4.78 is 68.4. The van der Waals surface area contributed by atoms with Gasteiger partial charge in [-0.1, -0.05) is 319 Å². The molecule has 19 heteroatoms. The Labute approximate surface area is 568 Å².